The second-order valence-corrected chi connectivity index (χ2v) is 8.24. The van der Waals surface area contributed by atoms with Gasteiger partial charge >= 0.3 is 11.9 Å². The van der Waals surface area contributed by atoms with Crippen LogP contribution in [0.1, 0.15) is 47.1 Å². The summed E-state index contributed by atoms with van der Waals surface area (Å²) < 4.78 is 10.6. The summed E-state index contributed by atoms with van der Waals surface area (Å²) >= 11 is 0. The van der Waals surface area contributed by atoms with Gasteiger partial charge in [0.05, 0.1) is 13.2 Å². The normalized spacial score (nSPS) is 11.6. The van der Waals surface area contributed by atoms with E-state index in [4.69, 9.17) is 9.47 Å². The molecule has 132 valence electrons. The largest absolute Gasteiger partial charge is 0.461 e. The van der Waals surface area contributed by atoms with Crippen LogP contribution in [0.2, 0.25) is 0 Å². The van der Waals surface area contributed by atoms with E-state index in [1.165, 1.54) is 6.08 Å². The van der Waals surface area contributed by atoms with Crippen molar-refractivity contribution in [3.05, 3.63) is 41.5 Å². The van der Waals surface area contributed by atoms with Crippen LogP contribution in [0.5, 0.6) is 0 Å². The van der Waals surface area contributed by atoms with E-state index in [0.717, 1.165) is 5.56 Å². The van der Waals surface area contributed by atoms with Crippen molar-refractivity contribution in [3.8, 4) is 0 Å². The van der Waals surface area contributed by atoms with Crippen LogP contribution >= 0.6 is 0 Å². The van der Waals surface area contributed by atoms with Gasteiger partial charge in [0.25, 0.3) is 0 Å². The molecule has 0 saturated heterocycles. The zero-order chi connectivity index (χ0) is 18.4. The van der Waals surface area contributed by atoms with Crippen LogP contribution in [0.4, 0.5) is 0 Å². The molecule has 0 radical (unpaired) electrons. The lowest BCUT2D eigenvalue weighted by Gasteiger charge is -2.20. The van der Waals surface area contributed by atoms with Crippen molar-refractivity contribution in [3.63, 3.8) is 0 Å². The van der Waals surface area contributed by atoms with E-state index in [9.17, 15) is 9.59 Å². The number of hydrogen-bond acceptors (Lipinski definition) is 4. The Morgan fingerprint density at radius 2 is 1.25 bits per heavy atom. The smallest absolute Gasteiger partial charge is 0.345 e. The molecule has 0 spiro atoms. The molecule has 0 bridgehead atoms. The molecule has 0 aliphatic carbocycles. The number of benzene rings is 1. The maximum atomic E-state index is 12.4. The van der Waals surface area contributed by atoms with Crippen molar-refractivity contribution in [1.82, 2.24) is 0 Å². The van der Waals surface area contributed by atoms with Gasteiger partial charge in [0.15, 0.2) is 0 Å². The molecule has 0 aliphatic heterocycles. The predicted octanol–water partition coefficient (Wildman–Crippen LogP) is 4.25. The number of esters is 2. The molecule has 0 aliphatic rings. The van der Waals surface area contributed by atoms with E-state index >= 15 is 0 Å². The Kier molecular flexibility index (Phi) is 6.76. The third-order valence-electron chi connectivity index (χ3n) is 2.82. The fourth-order valence-electron chi connectivity index (χ4n) is 1.64. The highest BCUT2D eigenvalue weighted by atomic mass is 16.6. The standard InChI is InChI=1S/C20H28O4/c1-19(2,3)13-23-17(21)16(12-15-10-8-7-9-11-15)18(22)24-14-20(4,5)6/h7-12H,13-14H2,1-6H3. The zero-order valence-electron chi connectivity index (χ0n) is 15.5. The summed E-state index contributed by atoms with van der Waals surface area (Å²) in [5, 5.41) is 0. The van der Waals surface area contributed by atoms with Gasteiger partial charge in [0, 0.05) is 0 Å². The highest BCUT2D eigenvalue weighted by Crippen LogP contribution is 2.18. The Bertz CT molecular complexity index is 554. The maximum absolute atomic E-state index is 12.4. The first-order chi connectivity index (χ1) is 11.0. The molecule has 0 saturated carbocycles. The van der Waals surface area contributed by atoms with Gasteiger partial charge in [0.2, 0.25) is 0 Å². The van der Waals surface area contributed by atoms with Gasteiger partial charge in [-0.1, -0.05) is 71.9 Å². The molecule has 0 atom stereocenters. The highest BCUT2D eigenvalue weighted by molar-refractivity contribution is 6.17. The van der Waals surface area contributed by atoms with Gasteiger partial charge in [-0.15, -0.1) is 0 Å². The van der Waals surface area contributed by atoms with E-state index in [0.29, 0.717) is 0 Å². The van der Waals surface area contributed by atoms with Crippen LogP contribution in [-0.4, -0.2) is 25.2 Å². The monoisotopic (exact) mass is 332 g/mol. The van der Waals surface area contributed by atoms with Crippen LogP contribution in [-0.2, 0) is 19.1 Å². The van der Waals surface area contributed by atoms with E-state index in [2.05, 4.69) is 0 Å². The molecule has 1 aromatic carbocycles. The maximum Gasteiger partial charge on any atom is 0.345 e. The Balaban J connectivity index is 2.97. The molecule has 4 heteroatoms. The average Bonchev–Trinajstić information content (AvgIpc) is 2.47. The second kappa shape index (κ2) is 8.13. The number of carbonyl (C=O) groups is 2. The molecule has 0 heterocycles. The summed E-state index contributed by atoms with van der Waals surface area (Å²) in [4.78, 5) is 24.7. The lowest BCUT2D eigenvalue weighted by Crippen LogP contribution is -2.25. The first-order valence-electron chi connectivity index (χ1n) is 8.09. The van der Waals surface area contributed by atoms with Crippen LogP contribution in [0.3, 0.4) is 0 Å². The van der Waals surface area contributed by atoms with E-state index in [1.54, 1.807) is 0 Å². The zero-order valence-corrected chi connectivity index (χ0v) is 15.5. The Labute approximate surface area is 144 Å². The van der Waals surface area contributed by atoms with E-state index < -0.39 is 11.9 Å². The summed E-state index contributed by atoms with van der Waals surface area (Å²) in [6.45, 7) is 12.2. The molecule has 4 nitrogen and oxygen atoms in total. The molecule has 0 unspecified atom stereocenters. The van der Waals surface area contributed by atoms with E-state index in [1.807, 2.05) is 71.9 Å². The number of carbonyl (C=O) groups excluding carboxylic acids is 2. The van der Waals surface area contributed by atoms with Crippen molar-refractivity contribution in [2.45, 2.75) is 41.5 Å². The highest BCUT2D eigenvalue weighted by Gasteiger charge is 2.25. The SMILES string of the molecule is CC(C)(C)COC(=O)C(=Cc1ccccc1)C(=O)OCC(C)(C)C. The Hall–Kier alpha value is -2.10. The quantitative estimate of drug-likeness (QED) is 0.350. The van der Waals surface area contributed by atoms with Crippen LogP contribution in [0, 0.1) is 10.8 Å². The molecular formula is C20H28O4. The van der Waals surface area contributed by atoms with Crippen molar-refractivity contribution in [2.75, 3.05) is 13.2 Å². The molecule has 0 aromatic heterocycles. The van der Waals surface area contributed by atoms with Gasteiger partial charge in [0.1, 0.15) is 5.57 Å². The van der Waals surface area contributed by atoms with Gasteiger partial charge in [-0.05, 0) is 22.5 Å². The average molecular weight is 332 g/mol. The van der Waals surface area contributed by atoms with Crippen LogP contribution in [0.15, 0.2) is 35.9 Å². The fraction of sp³-hybridized carbons (Fsp3) is 0.500. The number of ether oxygens (including phenoxy) is 2. The minimum absolute atomic E-state index is 0.0882. The number of rotatable bonds is 5. The summed E-state index contributed by atoms with van der Waals surface area (Å²) in [6.07, 6.45) is 1.51. The van der Waals surface area contributed by atoms with Crippen LogP contribution < -0.4 is 0 Å². The molecule has 1 aromatic rings. The summed E-state index contributed by atoms with van der Waals surface area (Å²) in [5.41, 5.74) is 0.300. The third-order valence-corrected chi connectivity index (χ3v) is 2.82. The third kappa shape index (κ3) is 7.95. The Morgan fingerprint density at radius 3 is 1.62 bits per heavy atom. The molecule has 0 fully saturated rings. The van der Waals surface area contributed by atoms with Gasteiger partial charge in [-0.2, -0.15) is 0 Å². The van der Waals surface area contributed by atoms with Crippen molar-refractivity contribution in [1.29, 1.82) is 0 Å². The molecule has 1 rings (SSSR count). The molecule has 24 heavy (non-hydrogen) atoms. The Morgan fingerprint density at radius 1 is 0.833 bits per heavy atom. The van der Waals surface area contributed by atoms with Gasteiger partial charge in [-0.25, -0.2) is 9.59 Å². The first-order valence-corrected chi connectivity index (χ1v) is 8.09. The minimum Gasteiger partial charge on any atom is -0.461 e. The van der Waals surface area contributed by atoms with Crippen molar-refractivity contribution >= 4 is 18.0 Å². The van der Waals surface area contributed by atoms with Crippen molar-refractivity contribution < 1.29 is 19.1 Å². The fourth-order valence-corrected chi connectivity index (χ4v) is 1.64. The van der Waals surface area contributed by atoms with Crippen molar-refractivity contribution in [2.24, 2.45) is 10.8 Å². The first kappa shape index (κ1) is 19.9. The van der Waals surface area contributed by atoms with Gasteiger partial charge in [-0.3, -0.25) is 0 Å². The summed E-state index contributed by atoms with van der Waals surface area (Å²) in [5.74, 6) is -1.32. The van der Waals surface area contributed by atoms with Crippen LogP contribution in [0.25, 0.3) is 6.08 Å². The summed E-state index contributed by atoms with van der Waals surface area (Å²) in [6, 6.07) is 9.17. The lowest BCUT2D eigenvalue weighted by molar-refractivity contribution is -0.149. The van der Waals surface area contributed by atoms with Gasteiger partial charge < -0.3 is 9.47 Å². The van der Waals surface area contributed by atoms with E-state index in [-0.39, 0.29) is 29.6 Å². The molecule has 0 N–H and O–H groups in total. The minimum atomic E-state index is -0.660. The molecular weight excluding hydrogens is 304 g/mol. The summed E-state index contributed by atoms with van der Waals surface area (Å²) in [7, 11) is 0. The number of hydrogen-bond donors (Lipinski definition) is 0. The topological polar surface area (TPSA) is 52.6 Å². The second-order valence-electron chi connectivity index (χ2n) is 8.24. The molecule has 0 amide bonds. The lowest BCUT2D eigenvalue weighted by atomic mass is 9.98. The predicted molar refractivity (Wildman–Crippen MR) is 95.2 cm³/mol.